The molecular weight excluding hydrogens is 653 g/mol. The van der Waals surface area contributed by atoms with E-state index in [4.69, 9.17) is 21.1 Å². The minimum Gasteiger partial charge on any atom is -0.497 e. The van der Waals surface area contributed by atoms with Crippen LogP contribution in [0.25, 0.3) is 0 Å². The number of hydrogen-bond donors (Lipinski definition) is 3. The highest BCUT2D eigenvalue weighted by Crippen LogP contribution is 2.24. The van der Waals surface area contributed by atoms with Gasteiger partial charge in [-0.3, -0.25) is 19.7 Å². The summed E-state index contributed by atoms with van der Waals surface area (Å²) in [5.41, 5.74) is 1.11. The van der Waals surface area contributed by atoms with Crippen LogP contribution in [0.5, 0.6) is 11.5 Å². The zero-order valence-electron chi connectivity index (χ0n) is 24.3. The highest BCUT2D eigenvalue weighted by atomic mass is 35.5. The van der Waals surface area contributed by atoms with E-state index in [9.17, 15) is 46.9 Å². The molecule has 2 unspecified atom stereocenters. The highest BCUT2D eigenvalue weighted by molar-refractivity contribution is 6.30. The summed E-state index contributed by atoms with van der Waals surface area (Å²) in [5, 5.41) is 24.7. The van der Waals surface area contributed by atoms with Crippen molar-refractivity contribution in [2.24, 2.45) is 0 Å². The third-order valence-corrected chi connectivity index (χ3v) is 6.55. The van der Waals surface area contributed by atoms with Gasteiger partial charge in [-0.15, -0.1) is 0 Å². The van der Waals surface area contributed by atoms with Gasteiger partial charge in [0.25, 0.3) is 11.8 Å². The summed E-state index contributed by atoms with van der Waals surface area (Å²) >= 11 is 6.09. The molecule has 0 aliphatic rings. The van der Waals surface area contributed by atoms with E-state index in [2.05, 4.69) is 10.6 Å². The molecular formula is C31H25ClF5N5O5. The number of benzene rings is 3. The summed E-state index contributed by atoms with van der Waals surface area (Å²) in [7, 11) is 1.38. The van der Waals surface area contributed by atoms with E-state index in [1.54, 1.807) is 12.1 Å². The Hall–Kier alpha value is -5.25. The lowest BCUT2D eigenvalue weighted by Crippen LogP contribution is -2.52. The molecule has 0 fully saturated rings. The number of nitriles is 2. The molecule has 10 nitrogen and oxygen atoms in total. The van der Waals surface area contributed by atoms with Crippen molar-refractivity contribution in [1.29, 1.82) is 10.5 Å². The first-order valence-electron chi connectivity index (χ1n) is 13.5. The Balaban J connectivity index is 1.90. The average Bonchev–Trinajstić information content (AvgIpc) is 3.04. The van der Waals surface area contributed by atoms with Crippen LogP contribution in [0.3, 0.4) is 0 Å². The number of methoxy groups -OCH3 is 1. The first-order chi connectivity index (χ1) is 22.1. The second kappa shape index (κ2) is 15.8. The van der Waals surface area contributed by atoms with Gasteiger partial charge in [-0.25, -0.2) is 0 Å². The lowest BCUT2D eigenvalue weighted by molar-refractivity contribution is -0.163. The Bertz CT molecular complexity index is 1690. The maximum absolute atomic E-state index is 14.4. The molecule has 0 heterocycles. The molecule has 0 aliphatic carbocycles. The van der Waals surface area contributed by atoms with Gasteiger partial charge in [-0.05, 0) is 53.6 Å². The van der Waals surface area contributed by atoms with Crippen LogP contribution in [0.15, 0.2) is 66.7 Å². The van der Waals surface area contributed by atoms with E-state index >= 15 is 0 Å². The molecule has 0 saturated carbocycles. The molecule has 16 heteroatoms. The van der Waals surface area contributed by atoms with Crippen molar-refractivity contribution in [3.8, 4) is 23.6 Å². The third kappa shape index (κ3) is 10.7. The molecule has 0 spiro atoms. The van der Waals surface area contributed by atoms with Crippen LogP contribution in [0.4, 0.5) is 22.0 Å². The van der Waals surface area contributed by atoms with Gasteiger partial charge >= 0.3 is 12.1 Å². The Labute approximate surface area is 270 Å². The van der Waals surface area contributed by atoms with Crippen molar-refractivity contribution in [2.45, 2.75) is 30.8 Å². The summed E-state index contributed by atoms with van der Waals surface area (Å²) in [6.07, 6.45) is -7.91. The molecule has 0 radical (unpaired) electrons. The summed E-state index contributed by atoms with van der Waals surface area (Å²) in [6.45, 7) is -3.34. The topological polar surface area (TPSA) is 153 Å². The minimum absolute atomic E-state index is 0.0271. The van der Waals surface area contributed by atoms with E-state index < -0.39 is 55.1 Å². The average molecular weight is 678 g/mol. The number of nitrogens with one attached hydrogen (secondary N) is 3. The lowest BCUT2D eigenvalue weighted by atomic mass is 10.0. The van der Waals surface area contributed by atoms with Crippen LogP contribution in [-0.2, 0) is 20.8 Å². The Morgan fingerprint density at radius 2 is 1.60 bits per heavy atom. The van der Waals surface area contributed by atoms with Gasteiger partial charge in [0.2, 0.25) is 5.78 Å². The van der Waals surface area contributed by atoms with Gasteiger partial charge in [-0.1, -0.05) is 35.9 Å². The smallest absolute Gasteiger partial charge is 0.405 e. The molecule has 3 aromatic carbocycles. The first-order valence-corrected chi connectivity index (χ1v) is 13.8. The van der Waals surface area contributed by atoms with Gasteiger partial charge in [0.15, 0.2) is 6.10 Å². The lowest BCUT2D eigenvalue weighted by Gasteiger charge is -2.25. The molecule has 0 aromatic heterocycles. The fourth-order valence-corrected chi connectivity index (χ4v) is 4.26. The summed E-state index contributed by atoms with van der Waals surface area (Å²) in [4.78, 5) is 37.8. The van der Waals surface area contributed by atoms with Crippen molar-refractivity contribution in [3.05, 3.63) is 94.0 Å². The zero-order chi connectivity index (χ0) is 34.8. The molecule has 3 aromatic rings. The molecule has 3 rings (SSSR count). The number of carbonyl (C=O) groups is 3. The summed E-state index contributed by atoms with van der Waals surface area (Å²) < 4.78 is 77.1. The normalized spacial score (nSPS) is 12.5. The fourth-order valence-electron chi connectivity index (χ4n) is 4.04. The minimum atomic E-state index is -4.99. The van der Waals surface area contributed by atoms with E-state index in [0.29, 0.717) is 11.3 Å². The molecule has 3 N–H and O–H groups in total. The Morgan fingerprint density at radius 1 is 0.915 bits per heavy atom. The monoisotopic (exact) mass is 677 g/mol. The van der Waals surface area contributed by atoms with E-state index in [1.165, 1.54) is 61.7 Å². The number of amides is 2. The number of nitrogens with zero attached hydrogens (tertiary/aromatic N) is 2. The molecule has 246 valence electrons. The largest absolute Gasteiger partial charge is 0.497 e. The number of ether oxygens (including phenoxy) is 2. The number of hydrogen-bond acceptors (Lipinski definition) is 8. The van der Waals surface area contributed by atoms with Crippen LogP contribution in [-0.4, -0.2) is 56.0 Å². The summed E-state index contributed by atoms with van der Waals surface area (Å²) in [6, 6.07) is 19.9. The number of Topliss-reactive ketones (excluding diaryl/α,β-unsaturated/α-hetero) is 1. The van der Waals surface area contributed by atoms with Gasteiger partial charge in [0.1, 0.15) is 24.2 Å². The number of ketones is 1. The highest BCUT2D eigenvalue weighted by Gasteiger charge is 2.47. The fraction of sp³-hybridized carbons (Fsp3) is 0.258. The van der Waals surface area contributed by atoms with Crippen molar-refractivity contribution in [1.82, 2.24) is 16.0 Å². The van der Waals surface area contributed by atoms with Crippen LogP contribution < -0.4 is 25.4 Å². The second-order valence-corrected chi connectivity index (χ2v) is 10.2. The number of halogens is 6. The van der Waals surface area contributed by atoms with Gasteiger partial charge in [0, 0.05) is 11.4 Å². The molecule has 2 atom stereocenters. The van der Waals surface area contributed by atoms with Crippen molar-refractivity contribution >= 4 is 29.2 Å². The zero-order valence-corrected chi connectivity index (χ0v) is 25.1. The van der Waals surface area contributed by atoms with Crippen LogP contribution in [0, 0.1) is 22.7 Å². The van der Waals surface area contributed by atoms with Gasteiger partial charge in [0.05, 0.1) is 36.9 Å². The Morgan fingerprint density at radius 3 is 2.21 bits per heavy atom. The van der Waals surface area contributed by atoms with E-state index in [-0.39, 0.29) is 33.9 Å². The number of rotatable bonds is 14. The molecule has 2 amide bonds. The number of alkyl halides is 5. The summed E-state index contributed by atoms with van der Waals surface area (Å²) in [5.74, 6) is -9.81. The maximum atomic E-state index is 14.4. The van der Waals surface area contributed by atoms with Crippen LogP contribution >= 0.6 is 11.6 Å². The van der Waals surface area contributed by atoms with Crippen LogP contribution in [0.1, 0.15) is 28.4 Å². The van der Waals surface area contributed by atoms with Crippen LogP contribution in [0.2, 0.25) is 5.02 Å². The van der Waals surface area contributed by atoms with E-state index in [1.807, 2.05) is 12.1 Å². The van der Waals surface area contributed by atoms with Gasteiger partial charge < -0.3 is 20.1 Å². The van der Waals surface area contributed by atoms with Gasteiger partial charge in [-0.2, -0.15) is 32.5 Å². The number of carbonyl (C=O) groups excluding carboxylic acids is 3. The maximum Gasteiger partial charge on any atom is 0.405 e. The first kappa shape index (κ1) is 36.2. The third-order valence-electron chi connectivity index (χ3n) is 6.34. The molecule has 0 saturated heterocycles. The quantitative estimate of drug-likeness (QED) is 0.129. The molecule has 0 bridgehead atoms. The molecule has 47 heavy (non-hydrogen) atoms. The predicted molar refractivity (Wildman–Crippen MR) is 156 cm³/mol. The van der Waals surface area contributed by atoms with E-state index in [0.717, 1.165) is 5.32 Å². The standard InChI is InChI=1S/C31H25ClF5N5O5/c1-46-23-7-5-21(6-8-23)27(40-16-26(43)31(36,37)29(45)41-17-30(33,34)35)42-28(44)25(12-18-3-2-4-19(9-18)14-38)47-24-11-20(15-39)10-22(32)13-24/h2-11,13,25,27,40H,12,16-17H2,1H3,(H,41,45)(H,42,44). The van der Waals surface area contributed by atoms with Crippen molar-refractivity contribution < 1.29 is 45.8 Å². The Kier molecular flexibility index (Phi) is 12.2. The second-order valence-electron chi connectivity index (χ2n) is 9.80. The molecule has 0 aliphatic heterocycles. The predicted octanol–water partition coefficient (Wildman–Crippen LogP) is 4.37. The van der Waals surface area contributed by atoms with Crippen molar-refractivity contribution in [2.75, 3.05) is 20.2 Å². The van der Waals surface area contributed by atoms with Crippen molar-refractivity contribution in [3.63, 3.8) is 0 Å². The SMILES string of the molecule is COc1ccc(C(NCC(=O)C(F)(F)C(=O)NCC(F)(F)F)NC(=O)C(Cc2cccc(C#N)c2)Oc2cc(Cl)cc(C#N)c2)cc1.